The van der Waals surface area contributed by atoms with Crippen LogP contribution < -0.4 is 10.6 Å². The highest BCUT2D eigenvalue weighted by molar-refractivity contribution is 9.10. The van der Waals surface area contributed by atoms with Crippen LogP contribution in [0.15, 0.2) is 46.9 Å². The van der Waals surface area contributed by atoms with Crippen LogP contribution in [-0.4, -0.2) is 12.5 Å². The van der Waals surface area contributed by atoms with Gasteiger partial charge in [-0.05, 0) is 59.3 Å². The first-order chi connectivity index (χ1) is 9.52. The summed E-state index contributed by atoms with van der Waals surface area (Å²) >= 11 is 9.28. The molecule has 0 aliphatic heterocycles. The molecule has 20 heavy (non-hydrogen) atoms. The standard InChI is InChI=1S/C15H14BrClN2O/c1-2-19(12-5-3-4-11(18)9-12)15(20)13-7-6-10(17)8-14(13)16/h3-9H,2,18H2,1H3. The molecule has 2 rings (SSSR count). The van der Waals surface area contributed by atoms with Gasteiger partial charge < -0.3 is 10.6 Å². The molecular formula is C15H14BrClN2O. The molecule has 1 amide bonds. The van der Waals surface area contributed by atoms with Gasteiger partial charge in [0.1, 0.15) is 0 Å². The predicted molar refractivity (Wildman–Crippen MR) is 87.4 cm³/mol. The number of anilines is 2. The maximum absolute atomic E-state index is 12.6. The molecule has 0 saturated carbocycles. The van der Waals surface area contributed by atoms with Crippen LogP contribution in [0.2, 0.25) is 5.02 Å². The molecule has 0 atom stereocenters. The monoisotopic (exact) mass is 352 g/mol. The molecule has 0 bridgehead atoms. The minimum absolute atomic E-state index is 0.0957. The Hall–Kier alpha value is -1.52. The first-order valence-corrected chi connectivity index (χ1v) is 7.32. The van der Waals surface area contributed by atoms with E-state index in [1.54, 1.807) is 35.2 Å². The molecule has 0 aliphatic carbocycles. The van der Waals surface area contributed by atoms with Crippen LogP contribution in [0.5, 0.6) is 0 Å². The molecule has 2 aromatic rings. The third-order valence-electron chi connectivity index (χ3n) is 2.90. The van der Waals surface area contributed by atoms with E-state index in [0.717, 1.165) is 5.69 Å². The lowest BCUT2D eigenvalue weighted by molar-refractivity contribution is 0.0987. The summed E-state index contributed by atoms with van der Waals surface area (Å²) < 4.78 is 0.678. The second-order valence-corrected chi connectivity index (χ2v) is 5.56. The van der Waals surface area contributed by atoms with Crippen molar-refractivity contribution >= 4 is 44.8 Å². The van der Waals surface area contributed by atoms with E-state index in [4.69, 9.17) is 17.3 Å². The summed E-state index contributed by atoms with van der Waals surface area (Å²) in [5.74, 6) is -0.0957. The molecule has 0 aliphatic rings. The summed E-state index contributed by atoms with van der Waals surface area (Å²) in [4.78, 5) is 14.3. The zero-order valence-electron chi connectivity index (χ0n) is 10.9. The zero-order valence-corrected chi connectivity index (χ0v) is 13.3. The van der Waals surface area contributed by atoms with Crippen molar-refractivity contribution in [2.45, 2.75) is 6.92 Å². The number of nitrogens with zero attached hydrogens (tertiary/aromatic N) is 1. The average Bonchev–Trinajstić information content (AvgIpc) is 2.39. The highest BCUT2D eigenvalue weighted by atomic mass is 79.9. The van der Waals surface area contributed by atoms with Gasteiger partial charge in [0.15, 0.2) is 0 Å². The number of benzene rings is 2. The van der Waals surface area contributed by atoms with Crippen molar-refractivity contribution in [3.05, 3.63) is 57.5 Å². The summed E-state index contributed by atoms with van der Waals surface area (Å²) in [6.45, 7) is 2.47. The number of amides is 1. The molecule has 0 heterocycles. The van der Waals surface area contributed by atoms with Gasteiger partial charge in [-0.25, -0.2) is 0 Å². The Morgan fingerprint density at radius 1 is 1.30 bits per heavy atom. The largest absolute Gasteiger partial charge is 0.399 e. The fourth-order valence-electron chi connectivity index (χ4n) is 1.94. The summed E-state index contributed by atoms with van der Waals surface area (Å²) in [7, 11) is 0. The zero-order chi connectivity index (χ0) is 14.7. The fourth-order valence-corrected chi connectivity index (χ4v) is 2.80. The lowest BCUT2D eigenvalue weighted by Crippen LogP contribution is -2.30. The third-order valence-corrected chi connectivity index (χ3v) is 3.80. The van der Waals surface area contributed by atoms with Crippen LogP contribution in [0.1, 0.15) is 17.3 Å². The maximum Gasteiger partial charge on any atom is 0.259 e. The van der Waals surface area contributed by atoms with Crippen molar-refractivity contribution in [3.8, 4) is 0 Å². The normalized spacial score (nSPS) is 10.3. The minimum Gasteiger partial charge on any atom is -0.399 e. The molecule has 2 N–H and O–H groups in total. The van der Waals surface area contributed by atoms with Gasteiger partial charge in [-0.3, -0.25) is 4.79 Å². The second-order valence-electron chi connectivity index (χ2n) is 4.27. The first kappa shape index (κ1) is 14.9. The lowest BCUT2D eigenvalue weighted by Gasteiger charge is -2.22. The van der Waals surface area contributed by atoms with Gasteiger partial charge in [-0.2, -0.15) is 0 Å². The third kappa shape index (κ3) is 3.14. The van der Waals surface area contributed by atoms with Crippen LogP contribution in [0.4, 0.5) is 11.4 Å². The Labute approximate surface area is 131 Å². The van der Waals surface area contributed by atoms with Gasteiger partial charge >= 0.3 is 0 Å². The summed E-state index contributed by atoms with van der Waals surface area (Å²) in [5, 5.41) is 0.584. The Balaban J connectivity index is 2.39. The van der Waals surface area contributed by atoms with Crippen molar-refractivity contribution in [2.24, 2.45) is 0 Å². The molecule has 0 aromatic heterocycles. The smallest absolute Gasteiger partial charge is 0.259 e. The van der Waals surface area contributed by atoms with Crippen molar-refractivity contribution in [3.63, 3.8) is 0 Å². The summed E-state index contributed by atoms with van der Waals surface area (Å²) in [6.07, 6.45) is 0. The molecule has 3 nitrogen and oxygen atoms in total. The lowest BCUT2D eigenvalue weighted by atomic mass is 10.1. The van der Waals surface area contributed by atoms with Gasteiger partial charge in [0.2, 0.25) is 0 Å². The fraction of sp³-hybridized carbons (Fsp3) is 0.133. The van der Waals surface area contributed by atoms with Gasteiger partial charge in [0.05, 0.1) is 5.56 Å². The second kappa shape index (κ2) is 6.29. The molecule has 2 aromatic carbocycles. The molecular weight excluding hydrogens is 340 g/mol. The van der Waals surface area contributed by atoms with Crippen molar-refractivity contribution < 1.29 is 4.79 Å². The van der Waals surface area contributed by atoms with Crippen molar-refractivity contribution in [1.82, 2.24) is 0 Å². The Bertz CT molecular complexity index is 646. The van der Waals surface area contributed by atoms with Crippen molar-refractivity contribution in [1.29, 1.82) is 0 Å². The SMILES string of the molecule is CCN(C(=O)c1ccc(Cl)cc1Br)c1cccc(N)c1. The number of halogens is 2. The van der Waals surface area contributed by atoms with Crippen LogP contribution in [0.25, 0.3) is 0 Å². The molecule has 0 spiro atoms. The van der Waals surface area contributed by atoms with E-state index in [1.165, 1.54) is 0 Å². The Kier molecular flexibility index (Phi) is 4.68. The number of carbonyl (C=O) groups is 1. The molecule has 5 heteroatoms. The van der Waals surface area contributed by atoms with E-state index in [2.05, 4.69) is 15.9 Å². The molecule has 0 fully saturated rings. The Morgan fingerprint density at radius 3 is 2.65 bits per heavy atom. The predicted octanol–water partition coefficient (Wildman–Crippen LogP) is 4.35. The highest BCUT2D eigenvalue weighted by Crippen LogP contribution is 2.25. The van der Waals surface area contributed by atoms with Crippen LogP contribution in [0, 0.1) is 0 Å². The van der Waals surface area contributed by atoms with Crippen LogP contribution >= 0.6 is 27.5 Å². The topological polar surface area (TPSA) is 46.3 Å². The van der Waals surface area contributed by atoms with E-state index < -0.39 is 0 Å². The van der Waals surface area contributed by atoms with Crippen molar-refractivity contribution in [2.75, 3.05) is 17.2 Å². The quantitative estimate of drug-likeness (QED) is 0.834. The van der Waals surface area contributed by atoms with Crippen LogP contribution in [0.3, 0.4) is 0 Å². The number of carbonyl (C=O) groups excluding carboxylic acids is 1. The Morgan fingerprint density at radius 2 is 2.05 bits per heavy atom. The highest BCUT2D eigenvalue weighted by Gasteiger charge is 2.18. The maximum atomic E-state index is 12.6. The number of rotatable bonds is 3. The van der Waals surface area contributed by atoms with E-state index in [-0.39, 0.29) is 5.91 Å². The summed E-state index contributed by atoms with van der Waals surface area (Å²) in [6, 6.07) is 12.4. The first-order valence-electron chi connectivity index (χ1n) is 6.15. The summed E-state index contributed by atoms with van der Waals surface area (Å²) in [5.41, 5.74) is 7.75. The minimum atomic E-state index is -0.0957. The van der Waals surface area contributed by atoms with E-state index in [1.807, 2.05) is 19.1 Å². The number of nitrogens with two attached hydrogens (primary N) is 1. The van der Waals surface area contributed by atoms with E-state index in [0.29, 0.717) is 27.3 Å². The molecule has 0 unspecified atom stereocenters. The molecule has 104 valence electrons. The average molecular weight is 354 g/mol. The van der Waals surface area contributed by atoms with Gasteiger partial charge in [-0.15, -0.1) is 0 Å². The number of hydrogen-bond donors (Lipinski definition) is 1. The van der Waals surface area contributed by atoms with E-state index in [9.17, 15) is 4.79 Å². The number of nitrogen functional groups attached to an aromatic ring is 1. The van der Waals surface area contributed by atoms with Gasteiger partial charge in [-0.1, -0.05) is 17.7 Å². The van der Waals surface area contributed by atoms with Gasteiger partial charge in [0, 0.05) is 27.4 Å². The van der Waals surface area contributed by atoms with Crippen LogP contribution in [-0.2, 0) is 0 Å². The van der Waals surface area contributed by atoms with E-state index >= 15 is 0 Å². The molecule has 0 radical (unpaired) electrons. The number of hydrogen-bond acceptors (Lipinski definition) is 2. The van der Waals surface area contributed by atoms with Gasteiger partial charge in [0.25, 0.3) is 5.91 Å². The molecule has 0 saturated heterocycles.